The summed E-state index contributed by atoms with van der Waals surface area (Å²) in [7, 11) is 3.15. The van der Waals surface area contributed by atoms with Crippen molar-refractivity contribution < 1.29 is 14.3 Å². The average Bonchev–Trinajstić information content (AvgIpc) is 2.42. The molecule has 0 aliphatic carbocycles. The lowest BCUT2D eigenvalue weighted by Crippen LogP contribution is -1.95. The first-order valence-corrected chi connectivity index (χ1v) is 6.14. The number of benzene rings is 1. The van der Waals surface area contributed by atoms with Crippen molar-refractivity contribution in [1.29, 1.82) is 0 Å². The molecule has 0 heterocycles. The van der Waals surface area contributed by atoms with Crippen LogP contribution in [0.5, 0.6) is 11.5 Å². The van der Waals surface area contributed by atoms with E-state index in [1.807, 2.05) is 12.1 Å². The maximum absolute atomic E-state index is 11.1. The first kappa shape index (κ1) is 14.3. The monoisotopic (exact) mass is 248 g/mol. The van der Waals surface area contributed by atoms with E-state index in [-0.39, 0.29) is 0 Å². The molecule has 0 aliphatic rings. The summed E-state index contributed by atoms with van der Waals surface area (Å²) < 4.78 is 10.4. The number of methoxy groups -OCH3 is 2. The maximum Gasteiger partial charge on any atom is 0.161 e. The molecule has 0 N–H and O–H groups in total. The fraction of sp³-hybridized carbons (Fsp3) is 0.400. The molecule has 0 unspecified atom stereocenters. The summed E-state index contributed by atoms with van der Waals surface area (Å²) in [4.78, 5) is 11.1. The molecule has 18 heavy (non-hydrogen) atoms. The predicted molar refractivity (Wildman–Crippen MR) is 73.5 cm³/mol. The SMILES string of the molecule is CCCC/C=C/c1cc(OC)c(OC)cc1C=O. The second kappa shape index (κ2) is 7.54. The first-order valence-electron chi connectivity index (χ1n) is 6.14. The summed E-state index contributed by atoms with van der Waals surface area (Å²) in [6, 6.07) is 3.52. The van der Waals surface area contributed by atoms with Crippen molar-refractivity contribution in [2.45, 2.75) is 26.2 Å². The van der Waals surface area contributed by atoms with Crippen molar-refractivity contribution in [2.75, 3.05) is 14.2 Å². The summed E-state index contributed by atoms with van der Waals surface area (Å²) in [5.74, 6) is 1.21. The van der Waals surface area contributed by atoms with E-state index in [4.69, 9.17) is 9.47 Å². The Balaban J connectivity index is 3.01. The fourth-order valence-corrected chi connectivity index (χ4v) is 1.69. The zero-order valence-electron chi connectivity index (χ0n) is 11.2. The van der Waals surface area contributed by atoms with Crippen LogP contribution in [0.1, 0.15) is 42.1 Å². The lowest BCUT2D eigenvalue weighted by atomic mass is 10.1. The molecule has 3 heteroatoms. The highest BCUT2D eigenvalue weighted by Crippen LogP contribution is 2.30. The quantitative estimate of drug-likeness (QED) is 0.545. The Morgan fingerprint density at radius 1 is 1.11 bits per heavy atom. The Morgan fingerprint density at radius 2 is 1.72 bits per heavy atom. The van der Waals surface area contributed by atoms with Crippen molar-refractivity contribution in [1.82, 2.24) is 0 Å². The van der Waals surface area contributed by atoms with Gasteiger partial charge in [-0.2, -0.15) is 0 Å². The molecule has 0 atom stereocenters. The molecule has 0 amide bonds. The number of rotatable bonds is 7. The van der Waals surface area contributed by atoms with Crippen molar-refractivity contribution in [3.8, 4) is 11.5 Å². The summed E-state index contributed by atoms with van der Waals surface area (Å²) in [5.41, 5.74) is 1.47. The minimum atomic E-state index is 0.574. The van der Waals surface area contributed by atoms with Gasteiger partial charge >= 0.3 is 0 Å². The van der Waals surface area contributed by atoms with Crippen LogP contribution in [0, 0.1) is 0 Å². The molecule has 0 spiro atoms. The molecule has 3 nitrogen and oxygen atoms in total. The Morgan fingerprint density at radius 3 is 2.22 bits per heavy atom. The van der Waals surface area contributed by atoms with Gasteiger partial charge in [0.1, 0.15) is 0 Å². The van der Waals surface area contributed by atoms with Crippen molar-refractivity contribution in [2.24, 2.45) is 0 Å². The normalized spacial score (nSPS) is 10.6. The first-order chi connectivity index (χ1) is 8.76. The van der Waals surface area contributed by atoms with Crippen LogP contribution in [0.3, 0.4) is 0 Å². The van der Waals surface area contributed by atoms with Gasteiger partial charge in [0.2, 0.25) is 0 Å². The minimum Gasteiger partial charge on any atom is -0.493 e. The van der Waals surface area contributed by atoms with E-state index in [2.05, 4.69) is 13.0 Å². The molecule has 0 radical (unpaired) electrons. The smallest absolute Gasteiger partial charge is 0.161 e. The minimum absolute atomic E-state index is 0.574. The lowest BCUT2D eigenvalue weighted by molar-refractivity contribution is 0.112. The number of ether oxygens (including phenoxy) is 2. The molecule has 0 fully saturated rings. The van der Waals surface area contributed by atoms with E-state index in [0.29, 0.717) is 17.1 Å². The highest BCUT2D eigenvalue weighted by Gasteiger charge is 2.08. The van der Waals surface area contributed by atoms with Gasteiger partial charge in [0.15, 0.2) is 17.8 Å². The molecule has 98 valence electrons. The highest BCUT2D eigenvalue weighted by molar-refractivity contribution is 5.83. The number of allylic oxidation sites excluding steroid dienone is 1. The summed E-state index contributed by atoms with van der Waals surface area (Å²) in [6.45, 7) is 2.15. The largest absolute Gasteiger partial charge is 0.493 e. The van der Waals surface area contributed by atoms with Crippen LogP contribution in [-0.2, 0) is 0 Å². The van der Waals surface area contributed by atoms with E-state index in [9.17, 15) is 4.79 Å². The average molecular weight is 248 g/mol. The van der Waals surface area contributed by atoms with Crippen molar-refractivity contribution >= 4 is 12.4 Å². The molecule has 0 aromatic heterocycles. The highest BCUT2D eigenvalue weighted by atomic mass is 16.5. The van der Waals surface area contributed by atoms with Gasteiger partial charge in [-0.25, -0.2) is 0 Å². The van der Waals surface area contributed by atoms with E-state index in [0.717, 1.165) is 31.1 Å². The van der Waals surface area contributed by atoms with Gasteiger partial charge in [-0.3, -0.25) is 4.79 Å². The maximum atomic E-state index is 11.1. The Hall–Kier alpha value is -1.77. The Kier molecular flexibility index (Phi) is 5.98. The second-order valence-corrected chi connectivity index (χ2v) is 4.00. The Bertz CT molecular complexity index is 422. The van der Waals surface area contributed by atoms with E-state index in [1.54, 1.807) is 20.3 Å². The third-order valence-electron chi connectivity index (χ3n) is 2.74. The van der Waals surface area contributed by atoms with Crippen LogP contribution in [0.4, 0.5) is 0 Å². The van der Waals surface area contributed by atoms with Gasteiger partial charge in [0.25, 0.3) is 0 Å². The standard InChI is InChI=1S/C15H20O3/c1-4-5-6-7-8-12-9-14(17-2)15(18-3)10-13(12)11-16/h7-11H,4-6H2,1-3H3/b8-7+. The van der Waals surface area contributed by atoms with Gasteiger partial charge in [-0.05, 0) is 24.1 Å². The topological polar surface area (TPSA) is 35.5 Å². The third-order valence-corrected chi connectivity index (χ3v) is 2.74. The summed E-state index contributed by atoms with van der Waals surface area (Å²) >= 11 is 0. The van der Waals surface area contributed by atoms with E-state index in [1.165, 1.54) is 0 Å². The molecule has 1 aromatic carbocycles. The zero-order chi connectivity index (χ0) is 13.4. The van der Waals surface area contributed by atoms with Gasteiger partial charge < -0.3 is 9.47 Å². The number of aldehydes is 1. The number of carbonyl (C=O) groups is 1. The summed E-state index contributed by atoms with van der Waals surface area (Å²) in [5, 5.41) is 0. The summed E-state index contributed by atoms with van der Waals surface area (Å²) in [6.07, 6.45) is 8.21. The van der Waals surface area contributed by atoms with Crippen molar-refractivity contribution in [3.63, 3.8) is 0 Å². The van der Waals surface area contributed by atoms with Crippen LogP contribution in [0.15, 0.2) is 18.2 Å². The van der Waals surface area contributed by atoms with Gasteiger partial charge in [0.05, 0.1) is 14.2 Å². The van der Waals surface area contributed by atoms with Gasteiger partial charge in [-0.15, -0.1) is 0 Å². The van der Waals surface area contributed by atoms with Gasteiger partial charge in [0, 0.05) is 5.56 Å². The lowest BCUT2D eigenvalue weighted by Gasteiger charge is -2.10. The molecule has 0 saturated carbocycles. The van der Waals surface area contributed by atoms with Crippen LogP contribution < -0.4 is 9.47 Å². The molecule has 0 bridgehead atoms. The van der Waals surface area contributed by atoms with Crippen molar-refractivity contribution in [3.05, 3.63) is 29.3 Å². The fourth-order valence-electron chi connectivity index (χ4n) is 1.69. The van der Waals surface area contributed by atoms with E-state index >= 15 is 0 Å². The number of carbonyl (C=O) groups excluding carboxylic acids is 1. The Labute approximate surface area is 108 Å². The predicted octanol–water partition coefficient (Wildman–Crippen LogP) is 3.72. The molecule has 0 aliphatic heterocycles. The third kappa shape index (κ3) is 3.62. The van der Waals surface area contributed by atoms with Crippen LogP contribution in [0.2, 0.25) is 0 Å². The molecule has 1 aromatic rings. The van der Waals surface area contributed by atoms with Gasteiger partial charge in [-0.1, -0.05) is 31.9 Å². The molecule has 0 saturated heterocycles. The van der Waals surface area contributed by atoms with Crippen LogP contribution >= 0.6 is 0 Å². The number of hydrogen-bond donors (Lipinski definition) is 0. The van der Waals surface area contributed by atoms with Crippen LogP contribution in [-0.4, -0.2) is 20.5 Å². The number of unbranched alkanes of at least 4 members (excludes halogenated alkanes) is 2. The van der Waals surface area contributed by atoms with Crippen LogP contribution in [0.25, 0.3) is 6.08 Å². The molecular weight excluding hydrogens is 228 g/mol. The molecule has 1 rings (SSSR count). The second-order valence-electron chi connectivity index (χ2n) is 4.00. The molecular formula is C15H20O3. The number of hydrogen-bond acceptors (Lipinski definition) is 3. The van der Waals surface area contributed by atoms with E-state index < -0.39 is 0 Å². The zero-order valence-corrected chi connectivity index (χ0v) is 11.2.